The normalized spacial score (nSPS) is 20.2. The molecule has 3 aromatic rings. The highest BCUT2D eigenvalue weighted by molar-refractivity contribution is 6.36. The molecule has 72 heavy (non-hydrogen) atoms. The van der Waals surface area contributed by atoms with E-state index < -0.39 is 17.9 Å². The Morgan fingerprint density at radius 2 is 1.46 bits per heavy atom. The van der Waals surface area contributed by atoms with Gasteiger partial charge in [-0.3, -0.25) is 48.5 Å². The topological polar surface area (TPSA) is 244 Å². The van der Waals surface area contributed by atoms with Crippen LogP contribution in [0.4, 0.5) is 11.5 Å². The number of carbonyl (C=O) groups excluding carboxylic acids is 2. The lowest BCUT2D eigenvalue weighted by molar-refractivity contribution is -0.140. The van der Waals surface area contributed by atoms with E-state index in [1.165, 1.54) is 6.08 Å². The molecule has 22 nitrogen and oxygen atoms in total. The largest absolute Gasteiger partial charge is 0.508 e. The number of carbonyl (C=O) groups is 5. The first kappa shape index (κ1) is 53.4. The average Bonchev–Trinajstić information content (AvgIpc) is 3.79. The van der Waals surface area contributed by atoms with E-state index in [2.05, 4.69) is 31.4 Å². The van der Waals surface area contributed by atoms with E-state index in [-0.39, 0.29) is 101 Å². The number of carboxylic acid groups (broad SMARTS) is 3. The van der Waals surface area contributed by atoms with Crippen LogP contribution in [0.1, 0.15) is 24.1 Å². The zero-order chi connectivity index (χ0) is 51.3. The number of nitrogens with one attached hydrogen (secondary N) is 1. The number of aromatic nitrogens is 2. The smallest absolute Gasteiger partial charge is 0.318 e. The van der Waals surface area contributed by atoms with Crippen molar-refractivity contribution in [2.24, 2.45) is 0 Å². The predicted molar refractivity (Wildman–Crippen MR) is 269 cm³/mol. The summed E-state index contributed by atoms with van der Waals surface area (Å²) in [5, 5.41) is 44.6. The van der Waals surface area contributed by atoms with Crippen molar-refractivity contribution in [3.05, 3.63) is 70.7 Å². The third-order valence-electron chi connectivity index (χ3n) is 13.8. The van der Waals surface area contributed by atoms with Gasteiger partial charge in [-0.05, 0) is 49.4 Å². The lowest BCUT2D eigenvalue weighted by atomic mass is 10.0. The molecule has 4 aliphatic rings. The maximum Gasteiger partial charge on any atom is 0.318 e. The summed E-state index contributed by atoms with van der Waals surface area (Å²) in [5.74, 6) is -2.70. The number of phenols is 1. The number of aromatic hydroxyl groups is 1. The highest BCUT2D eigenvalue weighted by Gasteiger charge is 2.36. The van der Waals surface area contributed by atoms with Crippen molar-refractivity contribution in [1.82, 2.24) is 44.7 Å². The van der Waals surface area contributed by atoms with Gasteiger partial charge in [-0.1, -0.05) is 30.3 Å². The summed E-state index contributed by atoms with van der Waals surface area (Å²) >= 11 is 6.76. The molecule has 0 bridgehead atoms. The molecule has 0 unspecified atom stereocenters. The number of benzene rings is 2. The minimum absolute atomic E-state index is 0.000655. The minimum atomic E-state index is -1.03. The Bertz CT molecular complexity index is 2460. The van der Waals surface area contributed by atoms with E-state index in [4.69, 9.17) is 32.9 Å². The summed E-state index contributed by atoms with van der Waals surface area (Å²) in [6, 6.07) is 8.83. The van der Waals surface area contributed by atoms with Crippen molar-refractivity contribution < 1.29 is 49.1 Å². The first-order valence-electron chi connectivity index (χ1n) is 24.4. The van der Waals surface area contributed by atoms with Crippen LogP contribution in [0, 0.1) is 6.57 Å². The Hall–Kier alpha value is -6.35. The lowest BCUT2D eigenvalue weighted by Gasteiger charge is -2.41. The Morgan fingerprint density at radius 3 is 2.07 bits per heavy atom. The SMILES string of the molecule is [C-]#[N+]C[C@H]1CN(c2nc(OC[C@@H]3CCCN3CCNC(=O)CN3CCN(CC(=O)O)CCN(CC(=O)O)CCN(CC(=O)O)CC3)nc3c2CCN(c2cc(O)cc4cccc(Cl)c24)C3)CCN1C(=O)C=C. The Morgan fingerprint density at radius 1 is 0.819 bits per heavy atom. The molecule has 1 aromatic heterocycles. The number of phenolic OH excluding ortho intramolecular Hbond substituents is 1. The highest BCUT2D eigenvalue weighted by atomic mass is 35.5. The summed E-state index contributed by atoms with van der Waals surface area (Å²) in [6.07, 6.45) is 3.63. The van der Waals surface area contributed by atoms with Crippen LogP contribution in [0.2, 0.25) is 5.02 Å². The molecule has 0 aliphatic carbocycles. The number of hydrogen-bond donors (Lipinski definition) is 5. The molecule has 23 heteroatoms. The summed E-state index contributed by atoms with van der Waals surface area (Å²) in [4.78, 5) is 90.2. The highest BCUT2D eigenvalue weighted by Crippen LogP contribution is 2.39. The number of halogens is 1. The molecule has 0 saturated carbocycles. The van der Waals surface area contributed by atoms with E-state index >= 15 is 0 Å². The number of fused-ring (bicyclic) bond motifs is 2. The van der Waals surface area contributed by atoms with Crippen LogP contribution in [-0.2, 0) is 36.9 Å². The van der Waals surface area contributed by atoms with Gasteiger partial charge in [-0.25, -0.2) is 6.57 Å². The van der Waals surface area contributed by atoms with Crippen molar-refractivity contribution in [2.45, 2.75) is 37.9 Å². The van der Waals surface area contributed by atoms with E-state index in [1.54, 1.807) is 31.7 Å². The fourth-order valence-electron chi connectivity index (χ4n) is 10.2. The molecule has 5 N–H and O–H groups in total. The second-order valence-corrected chi connectivity index (χ2v) is 19.1. The zero-order valence-corrected chi connectivity index (χ0v) is 41.3. The molecule has 2 aromatic carbocycles. The third kappa shape index (κ3) is 14.4. The molecule has 2 atom stereocenters. The number of nitrogens with zero attached hydrogens (tertiary/aromatic N) is 11. The summed E-state index contributed by atoms with van der Waals surface area (Å²) in [5.41, 5.74) is 2.48. The van der Waals surface area contributed by atoms with E-state index in [1.807, 2.05) is 23.1 Å². The van der Waals surface area contributed by atoms with Gasteiger partial charge in [0.2, 0.25) is 18.4 Å². The van der Waals surface area contributed by atoms with Crippen LogP contribution in [0.3, 0.4) is 0 Å². The average molecular weight is 1020 g/mol. The van der Waals surface area contributed by atoms with Crippen LogP contribution >= 0.6 is 11.6 Å². The molecule has 2 amide bonds. The first-order valence-corrected chi connectivity index (χ1v) is 24.8. The number of piperazine rings is 1. The van der Waals surface area contributed by atoms with Crippen LogP contribution in [0.15, 0.2) is 43.0 Å². The fraction of sp³-hybridized carbons (Fsp3) is 0.551. The molecule has 4 aliphatic heterocycles. The number of rotatable bonds is 18. The summed E-state index contributed by atoms with van der Waals surface area (Å²) < 4.78 is 6.49. The van der Waals surface area contributed by atoms with Crippen molar-refractivity contribution in [2.75, 3.05) is 147 Å². The molecule has 3 fully saturated rings. The van der Waals surface area contributed by atoms with E-state index in [9.17, 15) is 44.4 Å². The number of amides is 2. The van der Waals surface area contributed by atoms with Crippen LogP contribution in [0.5, 0.6) is 11.8 Å². The number of ether oxygens (including phenoxy) is 1. The summed E-state index contributed by atoms with van der Waals surface area (Å²) in [7, 11) is 0. The molecule has 7 rings (SSSR count). The first-order chi connectivity index (χ1) is 34.7. The Balaban J connectivity index is 1.01. The van der Waals surface area contributed by atoms with E-state index in [0.29, 0.717) is 89.3 Å². The predicted octanol–water partition coefficient (Wildman–Crippen LogP) is 1.11. The van der Waals surface area contributed by atoms with Crippen molar-refractivity contribution in [1.29, 1.82) is 0 Å². The van der Waals surface area contributed by atoms with Crippen LogP contribution < -0.4 is 19.9 Å². The number of carboxylic acids is 3. The molecule has 3 saturated heterocycles. The van der Waals surface area contributed by atoms with Gasteiger partial charge in [0, 0.05) is 115 Å². The van der Waals surface area contributed by atoms with Crippen molar-refractivity contribution >= 4 is 63.6 Å². The quantitative estimate of drug-likeness (QED) is 0.0886. The second kappa shape index (κ2) is 25.3. The fourth-order valence-corrected chi connectivity index (χ4v) is 10.4. The number of anilines is 2. The number of aliphatic carboxylic acids is 3. The second-order valence-electron chi connectivity index (χ2n) is 18.7. The van der Waals surface area contributed by atoms with Crippen molar-refractivity contribution in [3.63, 3.8) is 0 Å². The zero-order valence-electron chi connectivity index (χ0n) is 40.5. The van der Waals surface area contributed by atoms with Gasteiger partial charge in [0.15, 0.2) is 0 Å². The third-order valence-corrected chi connectivity index (χ3v) is 14.1. The minimum Gasteiger partial charge on any atom is -0.508 e. The Labute approximate surface area is 423 Å². The molecule has 388 valence electrons. The van der Waals surface area contributed by atoms with Crippen LogP contribution in [-0.4, -0.2) is 239 Å². The standard InChI is InChI=1S/C49H65ClN12O10/c1-3-43(65)62-23-22-61(27-36(62)26-51-2)48-38-9-12-60(41-25-37(63)24-34-6-4-8-39(50)47(34)41)28-40(38)53-49(54-48)72-33-35-7-5-11-59(35)13-10-52-42(64)29-55-14-16-56(30-44(66)67)18-20-58(32-46(70)71)21-19-57(17-15-55)31-45(68)69/h3-4,6,8,24-25,35-36,63H,1,5,7,9-23,26-33H2,(H,52,64)(H,66,67)(H,68,69)(H,70,71)/t35-,36-/m0/s1. The van der Waals surface area contributed by atoms with Crippen LogP contribution in [0.25, 0.3) is 15.6 Å². The molecule has 5 heterocycles. The van der Waals surface area contributed by atoms with Gasteiger partial charge in [-0.2, -0.15) is 9.97 Å². The lowest BCUT2D eigenvalue weighted by Crippen LogP contribution is -2.56. The van der Waals surface area contributed by atoms with Gasteiger partial charge >= 0.3 is 23.9 Å². The number of hydrogen-bond acceptors (Lipinski definition) is 16. The van der Waals surface area contributed by atoms with Gasteiger partial charge in [0.05, 0.1) is 49.1 Å². The maximum atomic E-state index is 13.5. The monoisotopic (exact) mass is 1020 g/mol. The summed E-state index contributed by atoms with van der Waals surface area (Å²) in [6.45, 7) is 17.3. The molecule has 0 radical (unpaired) electrons. The van der Waals surface area contributed by atoms with E-state index in [0.717, 1.165) is 47.1 Å². The van der Waals surface area contributed by atoms with Crippen molar-refractivity contribution in [3.8, 4) is 11.8 Å². The Kier molecular flexibility index (Phi) is 18.8. The molecular weight excluding hydrogens is 952 g/mol. The maximum absolute atomic E-state index is 13.5. The van der Waals surface area contributed by atoms with Gasteiger partial charge in [0.25, 0.3) is 0 Å². The van der Waals surface area contributed by atoms with Gasteiger partial charge < -0.3 is 50.0 Å². The van der Waals surface area contributed by atoms with Gasteiger partial charge in [-0.15, -0.1) is 0 Å². The number of likely N-dealkylation sites (tertiary alicyclic amines) is 1. The van der Waals surface area contributed by atoms with Gasteiger partial charge in [0.1, 0.15) is 24.2 Å². The molecular formula is C49H65ClN12O10. The molecule has 0 spiro atoms.